The van der Waals surface area contributed by atoms with Crippen LogP contribution in [0.25, 0.3) is 0 Å². The van der Waals surface area contributed by atoms with Gasteiger partial charge in [0.2, 0.25) is 0 Å². The molecule has 3 nitrogen and oxygen atoms in total. The smallest absolute Gasteiger partial charge is 0.265 e. The maximum atomic E-state index is 14.7. The van der Waals surface area contributed by atoms with Gasteiger partial charge < -0.3 is 9.63 Å². The first-order valence-electron chi connectivity index (χ1n) is 11.2. The summed E-state index contributed by atoms with van der Waals surface area (Å²) in [6.45, 7) is 13.1. The fraction of sp³-hybridized carbons (Fsp3) is 0.538. The molecule has 2 aromatic rings. The van der Waals surface area contributed by atoms with Crippen LogP contribution in [0.5, 0.6) is 5.75 Å². The molecule has 0 bridgehead atoms. The van der Waals surface area contributed by atoms with Gasteiger partial charge in [0, 0.05) is 5.30 Å². The minimum Gasteiger partial charge on any atom is -0.507 e. The van der Waals surface area contributed by atoms with E-state index in [0.29, 0.717) is 28.4 Å². The number of aromatic hydroxyl groups is 1. The van der Waals surface area contributed by atoms with E-state index in [1.807, 2.05) is 42.5 Å². The van der Waals surface area contributed by atoms with Gasteiger partial charge >= 0.3 is 0 Å². The lowest BCUT2D eigenvalue weighted by Gasteiger charge is -2.39. The Hall–Kier alpha value is -1.57. The Labute approximate surface area is 182 Å². The van der Waals surface area contributed by atoms with Crippen molar-refractivity contribution in [1.29, 1.82) is 0 Å². The quantitative estimate of drug-likeness (QED) is 0.561. The summed E-state index contributed by atoms with van der Waals surface area (Å²) < 4.78 is 21.3. The van der Waals surface area contributed by atoms with Crippen LogP contribution in [0.15, 0.2) is 48.5 Å². The lowest BCUT2D eigenvalue weighted by atomic mass is 9.75. The molecule has 0 radical (unpaired) electrons. The largest absolute Gasteiger partial charge is 0.507 e. The van der Waals surface area contributed by atoms with Crippen LogP contribution in [0.4, 0.5) is 0 Å². The van der Waals surface area contributed by atoms with Gasteiger partial charge in [-0.2, -0.15) is 0 Å². The van der Waals surface area contributed by atoms with E-state index in [2.05, 4.69) is 41.5 Å². The molecule has 4 atom stereocenters. The van der Waals surface area contributed by atoms with Gasteiger partial charge in [-0.15, -0.1) is 0 Å². The summed E-state index contributed by atoms with van der Waals surface area (Å²) in [7, 11) is -3.48. The molecule has 0 aromatic heterocycles. The predicted octanol–water partition coefficient (Wildman–Crippen LogP) is 6.40. The second-order valence-corrected chi connectivity index (χ2v) is 12.6. The highest BCUT2D eigenvalue weighted by molar-refractivity contribution is 7.74. The molecule has 0 unspecified atom stereocenters. The number of phenolic OH excluding ortho intramolecular Hbond substituents is 1. The highest BCUT2D eigenvalue weighted by atomic mass is 31.2. The molecule has 1 aliphatic rings. The summed E-state index contributed by atoms with van der Waals surface area (Å²) in [6, 6.07) is 14.9. The Kier molecular flexibility index (Phi) is 6.84. The number of benzene rings is 2. The van der Waals surface area contributed by atoms with Gasteiger partial charge in [0.25, 0.3) is 7.37 Å². The van der Waals surface area contributed by atoms with Gasteiger partial charge in [-0.3, -0.25) is 4.57 Å². The zero-order chi connectivity index (χ0) is 22.1. The van der Waals surface area contributed by atoms with E-state index in [1.54, 1.807) is 6.07 Å². The van der Waals surface area contributed by atoms with Gasteiger partial charge in [0.1, 0.15) is 5.75 Å². The summed E-state index contributed by atoms with van der Waals surface area (Å²) >= 11 is 0. The number of phenols is 1. The molecule has 1 N–H and O–H groups in total. The lowest BCUT2D eigenvalue weighted by molar-refractivity contribution is 0.0514. The number of hydrogen-bond acceptors (Lipinski definition) is 3. The van der Waals surface area contributed by atoms with Crippen LogP contribution in [0.1, 0.15) is 66.4 Å². The first kappa shape index (κ1) is 23.1. The van der Waals surface area contributed by atoms with Crippen molar-refractivity contribution in [1.82, 2.24) is 0 Å². The zero-order valence-corrected chi connectivity index (χ0v) is 20.2. The van der Waals surface area contributed by atoms with Gasteiger partial charge in [-0.25, -0.2) is 0 Å². The predicted molar refractivity (Wildman–Crippen MR) is 126 cm³/mol. The summed E-state index contributed by atoms with van der Waals surface area (Å²) in [5.41, 5.74) is 0.913. The van der Waals surface area contributed by atoms with Crippen LogP contribution in [0.3, 0.4) is 0 Å². The summed E-state index contributed by atoms with van der Waals surface area (Å²) in [5, 5.41) is 11.9. The van der Waals surface area contributed by atoms with Crippen LogP contribution in [0.2, 0.25) is 0 Å². The molecule has 3 rings (SSSR count). The number of rotatable bonds is 5. The van der Waals surface area contributed by atoms with Crippen molar-refractivity contribution in [3.05, 3.63) is 54.1 Å². The summed E-state index contributed by atoms with van der Waals surface area (Å²) in [6.07, 6.45) is 3.09. The maximum Gasteiger partial charge on any atom is 0.265 e. The van der Waals surface area contributed by atoms with Crippen molar-refractivity contribution in [2.45, 2.75) is 72.3 Å². The average molecular weight is 429 g/mol. The van der Waals surface area contributed by atoms with Gasteiger partial charge in [-0.05, 0) is 65.8 Å². The third-order valence-electron chi connectivity index (χ3n) is 6.50. The molecule has 1 saturated carbocycles. The Bertz CT molecular complexity index is 898. The van der Waals surface area contributed by atoms with E-state index in [9.17, 15) is 9.67 Å². The van der Waals surface area contributed by atoms with Crippen molar-refractivity contribution in [2.24, 2.45) is 17.8 Å². The van der Waals surface area contributed by atoms with Gasteiger partial charge in [-0.1, -0.05) is 72.2 Å². The summed E-state index contributed by atoms with van der Waals surface area (Å²) in [4.78, 5) is 0. The molecule has 4 heteroatoms. The van der Waals surface area contributed by atoms with E-state index >= 15 is 0 Å². The number of hydrogen-bond donors (Lipinski definition) is 1. The van der Waals surface area contributed by atoms with Crippen LogP contribution in [-0.2, 0) is 14.5 Å². The van der Waals surface area contributed by atoms with E-state index in [0.717, 1.165) is 18.4 Å². The average Bonchev–Trinajstić information content (AvgIpc) is 2.67. The highest BCUT2D eigenvalue weighted by Gasteiger charge is 2.40. The van der Waals surface area contributed by atoms with Crippen molar-refractivity contribution >= 4 is 18.0 Å². The lowest BCUT2D eigenvalue weighted by Crippen LogP contribution is -2.36. The second kappa shape index (κ2) is 8.89. The van der Waals surface area contributed by atoms with Crippen LogP contribution in [-0.4, -0.2) is 11.2 Å². The maximum absolute atomic E-state index is 14.7. The van der Waals surface area contributed by atoms with E-state index in [1.165, 1.54) is 6.42 Å². The van der Waals surface area contributed by atoms with Crippen LogP contribution in [0, 0.1) is 17.8 Å². The Morgan fingerprint density at radius 1 is 1.07 bits per heavy atom. The normalized spacial score (nSPS) is 24.6. The van der Waals surface area contributed by atoms with Crippen molar-refractivity contribution in [3.8, 4) is 5.75 Å². The Balaban J connectivity index is 2.13. The summed E-state index contributed by atoms with van der Waals surface area (Å²) in [5.74, 6) is 1.41. The first-order valence-corrected chi connectivity index (χ1v) is 12.8. The van der Waals surface area contributed by atoms with Crippen molar-refractivity contribution in [2.75, 3.05) is 0 Å². The molecule has 164 valence electrons. The van der Waals surface area contributed by atoms with E-state index in [-0.39, 0.29) is 17.3 Å². The van der Waals surface area contributed by atoms with Crippen LogP contribution < -0.4 is 10.6 Å². The minimum absolute atomic E-state index is 0.0418. The molecule has 30 heavy (non-hydrogen) atoms. The Morgan fingerprint density at radius 3 is 2.33 bits per heavy atom. The molecule has 1 aliphatic carbocycles. The minimum atomic E-state index is -3.48. The van der Waals surface area contributed by atoms with E-state index < -0.39 is 7.37 Å². The molecule has 2 aromatic carbocycles. The molecule has 0 heterocycles. The molecular weight excluding hydrogens is 391 g/mol. The molecular formula is C26H37O3P. The third kappa shape index (κ3) is 4.84. The topological polar surface area (TPSA) is 46.5 Å². The highest BCUT2D eigenvalue weighted by Crippen LogP contribution is 2.52. The monoisotopic (exact) mass is 428 g/mol. The third-order valence-corrected chi connectivity index (χ3v) is 9.04. The van der Waals surface area contributed by atoms with Gasteiger partial charge in [0.05, 0.1) is 11.4 Å². The van der Waals surface area contributed by atoms with Gasteiger partial charge in [0.15, 0.2) is 0 Å². The van der Waals surface area contributed by atoms with Crippen molar-refractivity contribution < 1.29 is 14.2 Å². The fourth-order valence-corrected chi connectivity index (χ4v) is 6.92. The molecule has 0 aliphatic heterocycles. The zero-order valence-electron chi connectivity index (χ0n) is 19.3. The molecule has 0 saturated heterocycles. The van der Waals surface area contributed by atoms with Crippen molar-refractivity contribution in [3.63, 3.8) is 0 Å². The van der Waals surface area contributed by atoms with Crippen LogP contribution >= 0.6 is 7.37 Å². The SMILES string of the molecule is CC(C)[C@@H]1CC[C@@H](C)C[C@H]1O[P@](=O)(c1ccccc1)c1cc(C(C)(C)C)ccc1O. The molecule has 0 spiro atoms. The molecule has 1 fully saturated rings. The second-order valence-electron chi connectivity index (χ2n) is 10.3. The Morgan fingerprint density at radius 2 is 1.73 bits per heavy atom. The van der Waals surface area contributed by atoms with E-state index in [4.69, 9.17) is 4.52 Å². The first-order chi connectivity index (χ1) is 14.0. The fourth-order valence-electron chi connectivity index (χ4n) is 4.53. The standard InChI is InChI=1S/C26H37O3P/c1-18(2)22-14-12-19(3)16-24(22)29-30(28,21-10-8-7-9-11-21)25-17-20(26(4,5)6)13-15-23(25)27/h7-11,13,15,17-19,22,24,27H,12,14,16H2,1-6H3/t19-,22+,24-,30-/m1/s1. The molecule has 0 amide bonds.